The average Bonchev–Trinajstić information content (AvgIpc) is 2.90. The molecule has 0 spiro atoms. The number of hydrogen-bond acceptors (Lipinski definition) is 4. The third-order valence-corrected chi connectivity index (χ3v) is 3.42. The molecule has 5 nitrogen and oxygen atoms in total. The van der Waals surface area contributed by atoms with Crippen LogP contribution in [0, 0.1) is 0 Å². The molecule has 1 aromatic carbocycles. The number of nitrogens with two attached hydrogens (primary N) is 1. The lowest BCUT2D eigenvalue weighted by molar-refractivity contribution is 0.651. The van der Waals surface area contributed by atoms with Crippen LogP contribution in [0.1, 0.15) is 23.6 Å². The minimum atomic E-state index is 0.00149. The highest BCUT2D eigenvalue weighted by Gasteiger charge is 2.08. The third-order valence-electron chi connectivity index (χ3n) is 3.42. The van der Waals surface area contributed by atoms with E-state index in [9.17, 15) is 0 Å². The van der Waals surface area contributed by atoms with Gasteiger partial charge in [-0.2, -0.15) is 5.10 Å². The van der Waals surface area contributed by atoms with Crippen molar-refractivity contribution < 1.29 is 0 Å². The molecule has 2 heterocycles. The molecule has 3 rings (SSSR count). The van der Waals surface area contributed by atoms with E-state index in [2.05, 4.69) is 15.1 Å². The number of hydrogen-bond donors (Lipinski definition) is 1. The van der Waals surface area contributed by atoms with E-state index in [4.69, 9.17) is 5.73 Å². The number of aryl methyl sites for hydroxylation is 2. The van der Waals surface area contributed by atoms with E-state index >= 15 is 0 Å². The van der Waals surface area contributed by atoms with Gasteiger partial charge in [0.1, 0.15) is 0 Å². The number of nitrogens with zero attached hydrogens (tertiary/aromatic N) is 4. The van der Waals surface area contributed by atoms with Gasteiger partial charge in [0.15, 0.2) is 0 Å². The molecule has 3 aromatic rings. The highest BCUT2D eigenvalue weighted by atomic mass is 15.2. The summed E-state index contributed by atoms with van der Waals surface area (Å²) in [7, 11) is 1.92. The number of fused-ring (bicyclic) bond motifs is 1. The Morgan fingerprint density at radius 1 is 1.20 bits per heavy atom. The first-order valence-corrected chi connectivity index (χ1v) is 6.66. The lowest BCUT2D eigenvalue weighted by atomic mass is 10.0. The molecule has 102 valence electrons. The predicted molar refractivity (Wildman–Crippen MR) is 78.0 cm³/mol. The van der Waals surface area contributed by atoms with Gasteiger partial charge in [0.25, 0.3) is 0 Å². The summed E-state index contributed by atoms with van der Waals surface area (Å²) in [6.07, 6.45) is 9.12. The van der Waals surface area contributed by atoms with E-state index in [-0.39, 0.29) is 6.04 Å². The molecule has 0 amide bonds. The normalized spacial score (nSPS) is 12.7. The summed E-state index contributed by atoms with van der Waals surface area (Å²) in [5.41, 5.74) is 10.4. The van der Waals surface area contributed by atoms with Gasteiger partial charge in [-0.1, -0.05) is 6.07 Å². The number of benzene rings is 1. The van der Waals surface area contributed by atoms with Gasteiger partial charge < -0.3 is 5.73 Å². The maximum Gasteiger partial charge on any atom is 0.0890 e. The summed E-state index contributed by atoms with van der Waals surface area (Å²) >= 11 is 0. The highest BCUT2D eigenvalue weighted by molar-refractivity contribution is 5.74. The van der Waals surface area contributed by atoms with Gasteiger partial charge in [0.2, 0.25) is 0 Å². The van der Waals surface area contributed by atoms with Crippen molar-refractivity contribution in [3.05, 3.63) is 54.1 Å². The van der Waals surface area contributed by atoms with Crippen molar-refractivity contribution in [3.8, 4) is 0 Å². The van der Waals surface area contributed by atoms with Crippen LogP contribution < -0.4 is 5.73 Å². The Kier molecular flexibility index (Phi) is 3.43. The van der Waals surface area contributed by atoms with Crippen LogP contribution in [0.3, 0.4) is 0 Å². The van der Waals surface area contributed by atoms with Crippen LogP contribution in [0.4, 0.5) is 0 Å². The second-order valence-corrected chi connectivity index (χ2v) is 4.97. The molecular formula is C15H17N5. The summed E-state index contributed by atoms with van der Waals surface area (Å²) in [5.74, 6) is 0. The zero-order chi connectivity index (χ0) is 13.9. The van der Waals surface area contributed by atoms with E-state index in [1.807, 2.05) is 42.3 Å². The average molecular weight is 267 g/mol. The van der Waals surface area contributed by atoms with E-state index < -0.39 is 0 Å². The number of rotatable bonds is 4. The topological polar surface area (TPSA) is 69.6 Å². The Labute approximate surface area is 117 Å². The molecule has 2 N–H and O–H groups in total. The van der Waals surface area contributed by atoms with Crippen molar-refractivity contribution >= 4 is 11.0 Å². The fourth-order valence-electron chi connectivity index (χ4n) is 2.30. The van der Waals surface area contributed by atoms with E-state index in [1.54, 1.807) is 12.4 Å². The molecule has 0 aliphatic heterocycles. The van der Waals surface area contributed by atoms with E-state index in [0.717, 1.165) is 29.4 Å². The van der Waals surface area contributed by atoms with Crippen LogP contribution in [0.25, 0.3) is 11.0 Å². The first kappa shape index (κ1) is 12.7. The fraction of sp³-hybridized carbons (Fsp3) is 0.267. The Morgan fingerprint density at radius 3 is 2.75 bits per heavy atom. The van der Waals surface area contributed by atoms with Crippen LogP contribution in [0.15, 0.2) is 43.0 Å². The largest absolute Gasteiger partial charge is 0.324 e. The zero-order valence-electron chi connectivity index (χ0n) is 11.4. The number of aromatic nitrogens is 4. The molecule has 1 unspecified atom stereocenters. The molecule has 0 saturated carbocycles. The fourth-order valence-corrected chi connectivity index (χ4v) is 2.30. The molecule has 1 atom stereocenters. The standard InChI is InChI=1S/C15H17N5/c1-20-10-11(9-19-20)2-4-13(16)12-3-5-14-15(8-12)18-7-6-17-14/h3,5-10,13H,2,4,16H2,1H3. The van der Waals surface area contributed by atoms with Crippen molar-refractivity contribution in [3.63, 3.8) is 0 Å². The second-order valence-electron chi connectivity index (χ2n) is 4.97. The van der Waals surface area contributed by atoms with Crippen molar-refractivity contribution in [2.45, 2.75) is 18.9 Å². The second kappa shape index (κ2) is 5.38. The molecule has 0 bridgehead atoms. The molecule has 0 aliphatic carbocycles. The van der Waals surface area contributed by atoms with Crippen molar-refractivity contribution in [2.75, 3.05) is 0 Å². The Balaban J connectivity index is 1.73. The van der Waals surface area contributed by atoms with Crippen LogP contribution >= 0.6 is 0 Å². The van der Waals surface area contributed by atoms with Gasteiger partial charge >= 0.3 is 0 Å². The first-order chi connectivity index (χ1) is 9.72. The molecular weight excluding hydrogens is 250 g/mol. The first-order valence-electron chi connectivity index (χ1n) is 6.66. The van der Waals surface area contributed by atoms with Crippen LogP contribution in [0.5, 0.6) is 0 Å². The summed E-state index contributed by atoms with van der Waals surface area (Å²) in [5, 5.41) is 4.17. The molecule has 20 heavy (non-hydrogen) atoms. The van der Waals surface area contributed by atoms with Gasteiger partial charge in [-0.05, 0) is 36.1 Å². The molecule has 0 fully saturated rings. The van der Waals surface area contributed by atoms with E-state index in [1.165, 1.54) is 5.56 Å². The van der Waals surface area contributed by atoms with Crippen LogP contribution in [-0.4, -0.2) is 19.7 Å². The Bertz CT molecular complexity index is 719. The van der Waals surface area contributed by atoms with Crippen molar-refractivity contribution in [2.24, 2.45) is 12.8 Å². The van der Waals surface area contributed by atoms with Gasteiger partial charge in [0, 0.05) is 31.7 Å². The maximum atomic E-state index is 6.27. The zero-order valence-corrected chi connectivity index (χ0v) is 11.4. The minimum Gasteiger partial charge on any atom is -0.324 e. The Morgan fingerprint density at radius 2 is 2.00 bits per heavy atom. The van der Waals surface area contributed by atoms with Gasteiger partial charge in [0.05, 0.1) is 17.2 Å². The summed E-state index contributed by atoms with van der Waals surface area (Å²) in [6, 6.07) is 6.03. The predicted octanol–water partition coefficient (Wildman–Crippen LogP) is 2.00. The summed E-state index contributed by atoms with van der Waals surface area (Å²) in [4.78, 5) is 8.58. The smallest absolute Gasteiger partial charge is 0.0890 e. The van der Waals surface area contributed by atoms with E-state index in [0.29, 0.717) is 0 Å². The van der Waals surface area contributed by atoms with Gasteiger partial charge in [-0.15, -0.1) is 0 Å². The minimum absolute atomic E-state index is 0.00149. The third kappa shape index (κ3) is 2.67. The monoisotopic (exact) mass is 267 g/mol. The van der Waals surface area contributed by atoms with Crippen LogP contribution in [0.2, 0.25) is 0 Å². The van der Waals surface area contributed by atoms with Crippen molar-refractivity contribution in [1.82, 2.24) is 19.7 Å². The maximum absolute atomic E-state index is 6.27. The highest BCUT2D eigenvalue weighted by Crippen LogP contribution is 2.20. The van der Waals surface area contributed by atoms with Gasteiger partial charge in [-0.3, -0.25) is 14.6 Å². The SMILES string of the molecule is Cn1cc(CCC(N)c2ccc3nccnc3c2)cn1. The summed E-state index contributed by atoms with van der Waals surface area (Å²) < 4.78 is 1.81. The molecule has 2 aromatic heterocycles. The molecule has 0 radical (unpaired) electrons. The lowest BCUT2D eigenvalue weighted by Crippen LogP contribution is -2.11. The molecule has 0 aliphatic rings. The van der Waals surface area contributed by atoms with Crippen LogP contribution in [-0.2, 0) is 13.5 Å². The van der Waals surface area contributed by atoms with Gasteiger partial charge in [-0.25, -0.2) is 0 Å². The Hall–Kier alpha value is -2.27. The molecule has 0 saturated heterocycles. The van der Waals surface area contributed by atoms with Crippen molar-refractivity contribution in [1.29, 1.82) is 0 Å². The lowest BCUT2D eigenvalue weighted by Gasteiger charge is -2.11. The summed E-state index contributed by atoms with van der Waals surface area (Å²) in [6.45, 7) is 0. The quantitative estimate of drug-likeness (QED) is 0.785. The molecule has 5 heteroatoms.